The number of rotatable bonds is 4. The van der Waals surface area contributed by atoms with E-state index in [1.807, 2.05) is 20.0 Å². The second-order valence-electron chi connectivity index (χ2n) is 3.80. The molecule has 0 heterocycles. The molecule has 0 spiro atoms. The van der Waals surface area contributed by atoms with Crippen molar-refractivity contribution in [1.29, 1.82) is 0 Å². The first-order valence-corrected chi connectivity index (χ1v) is 5.64. The average Bonchev–Trinajstić information content (AvgIpc) is 2.33. The van der Waals surface area contributed by atoms with Gasteiger partial charge in [-0.2, -0.15) is 0 Å². The smallest absolute Gasteiger partial charge is 0.208 e. The van der Waals surface area contributed by atoms with E-state index in [1.54, 1.807) is 17.0 Å². The van der Waals surface area contributed by atoms with Crippen LogP contribution in [0.25, 0.3) is 0 Å². The predicted octanol–water partition coefficient (Wildman–Crippen LogP) is 1.49. The summed E-state index contributed by atoms with van der Waals surface area (Å²) >= 11 is 0. The fourth-order valence-corrected chi connectivity index (χ4v) is 1.45. The monoisotopic (exact) mass is 238 g/mol. The van der Waals surface area contributed by atoms with E-state index < -0.39 is 0 Å². The number of halogens is 1. The van der Waals surface area contributed by atoms with E-state index in [9.17, 15) is 4.39 Å². The van der Waals surface area contributed by atoms with Gasteiger partial charge in [0.15, 0.2) is 0 Å². The van der Waals surface area contributed by atoms with Gasteiger partial charge in [-0.3, -0.25) is 10.4 Å². The van der Waals surface area contributed by atoms with Crippen molar-refractivity contribution < 1.29 is 4.39 Å². The van der Waals surface area contributed by atoms with Gasteiger partial charge in [-0.15, -0.1) is 0 Å². The number of nitrogens with zero attached hydrogens (tertiary/aromatic N) is 2. The Hall–Kier alpha value is -1.62. The first-order chi connectivity index (χ1) is 8.19. The van der Waals surface area contributed by atoms with E-state index in [0.29, 0.717) is 24.6 Å². The van der Waals surface area contributed by atoms with Gasteiger partial charge in [0.25, 0.3) is 0 Å². The molecule has 17 heavy (non-hydrogen) atoms. The molecular weight excluding hydrogens is 219 g/mol. The maximum absolute atomic E-state index is 13.5. The molecule has 0 aliphatic rings. The Morgan fingerprint density at radius 2 is 2.18 bits per heavy atom. The van der Waals surface area contributed by atoms with Crippen molar-refractivity contribution in [2.75, 3.05) is 13.6 Å². The van der Waals surface area contributed by atoms with Crippen molar-refractivity contribution in [2.24, 2.45) is 10.8 Å². The molecule has 5 heteroatoms. The molecule has 3 N–H and O–H groups in total. The Kier molecular flexibility index (Phi) is 5.42. The Balaban J connectivity index is 2.70. The predicted molar refractivity (Wildman–Crippen MR) is 67.8 cm³/mol. The average molecular weight is 238 g/mol. The summed E-state index contributed by atoms with van der Waals surface area (Å²) in [7, 11) is 1.82. The highest BCUT2D eigenvalue weighted by atomic mass is 19.1. The number of hydrogen-bond donors (Lipinski definition) is 2. The molecule has 0 saturated heterocycles. The maximum atomic E-state index is 13.5. The molecule has 0 unspecified atom stereocenters. The molecule has 0 aliphatic carbocycles. The van der Waals surface area contributed by atoms with Crippen molar-refractivity contribution in [3.05, 3.63) is 35.6 Å². The highest BCUT2D eigenvalue weighted by molar-refractivity contribution is 5.79. The molecule has 1 rings (SSSR count). The van der Waals surface area contributed by atoms with Crippen LogP contribution in [0.4, 0.5) is 4.39 Å². The van der Waals surface area contributed by atoms with Gasteiger partial charge in [0.05, 0.1) is 0 Å². The Bertz CT molecular complexity index is 379. The first-order valence-electron chi connectivity index (χ1n) is 5.64. The number of aliphatic imine (C=N–C) groups is 1. The molecule has 0 radical (unpaired) electrons. The molecule has 0 aromatic heterocycles. The van der Waals surface area contributed by atoms with Crippen molar-refractivity contribution in [2.45, 2.75) is 19.9 Å². The molecule has 0 aliphatic heterocycles. The Morgan fingerprint density at radius 1 is 1.47 bits per heavy atom. The second kappa shape index (κ2) is 6.85. The number of nitrogens with two attached hydrogens (primary N) is 1. The number of benzene rings is 1. The highest BCUT2D eigenvalue weighted by Crippen LogP contribution is 2.08. The third-order valence-electron chi connectivity index (χ3n) is 2.34. The summed E-state index contributed by atoms with van der Waals surface area (Å²) < 4.78 is 13.5. The summed E-state index contributed by atoms with van der Waals surface area (Å²) in [6, 6.07) is 6.68. The second-order valence-corrected chi connectivity index (χ2v) is 3.80. The minimum absolute atomic E-state index is 0.216. The molecule has 1 aromatic carbocycles. The summed E-state index contributed by atoms with van der Waals surface area (Å²) in [6.07, 6.45) is 0.943. The van der Waals surface area contributed by atoms with Gasteiger partial charge in [-0.05, 0) is 12.5 Å². The SMILES string of the molecule is CCCN=C(NN)N(C)Cc1ccccc1F. The van der Waals surface area contributed by atoms with Crippen LogP contribution in [0.3, 0.4) is 0 Å². The van der Waals surface area contributed by atoms with Gasteiger partial charge in [-0.25, -0.2) is 10.2 Å². The molecular formula is C12H19FN4. The van der Waals surface area contributed by atoms with Crippen LogP contribution in [0.1, 0.15) is 18.9 Å². The molecule has 1 aromatic rings. The lowest BCUT2D eigenvalue weighted by atomic mass is 10.2. The molecule has 0 saturated carbocycles. The lowest BCUT2D eigenvalue weighted by Gasteiger charge is -2.20. The van der Waals surface area contributed by atoms with Gasteiger partial charge in [0.1, 0.15) is 5.82 Å². The van der Waals surface area contributed by atoms with E-state index in [0.717, 1.165) is 6.42 Å². The molecule has 0 bridgehead atoms. The quantitative estimate of drug-likeness (QED) is 0.361. The van der Waals surface area contributed by atoms with Gasteiger partial charge >= 0.3 is 0 Å². The van der Waals surface area contributed by atoms with Gasteiger partial charge < -0.3 is 4.90 Å². The van der Waals surface area contributed by atoms with Crippen molar-refractivity contribution >= 4 is 5.96 Å². The van der Waals surface area contributed by atoms with Crippen LogP contribution in [0.15, 0.2) is 29.3 Å². The third kappa shape index (κ3) is 4.03. The summed E-state index contributed by atoms with van der Waals surface area (Å²) in [5.41, 5.74) is 3.15. The van der Waals surface area contributed by atoms with Gasteiger partial charge in [-0.1, -0.05) is 25.1 Å². The van der Waals surface area contributed by atoms with Gasteiger partial charge in [0.2, 0.25) is 5.96 Å². The van der Waals surface area contributed by atoms with E-state index in [4.69, 9.17) is 5.84 Å². The minimum atomic E-state index is -0.216. The highest BCUT2D eigenvalue weighted by Gasteiger charge is 2.08. The van der Waals surface area contributed by atoms with Crippen LogP contribution in [0, 0.1) is 5.82 Å². The lowest BCUT2D eigenvalue weighted by Crippen LogP contribution is -2.42. The Morgan fingerprint density at radius 3 is 2.76 bits per heavy atom. The number of guanidine groups is 1. The van der Waals surface area contributed by atoms with E-state index in [1.165, 1.54) is 6.07 Å². The summed E-state index contributed by atoms with van der Waals surface area (Å²) in [5.74, 6) is 5.74. The fraction of sp³-hybridized carbons (Fsp3) is 0.417. The zero-order chi connectivity index (χ0) is 12.7. The number of nitrogens with one attached hydrogen (secondary N) is 1. The third-order valence-corrected chi connectivity index (χ3v) is 2.34. The Labute approximate surface area is 101 Å². The molecule has 94 valence electrons. The maximum Gasteiger partial charge on any atom is 0.208 e. The normalized spacial score (nSPS) is 11.4. The van der Waals surface area contributed by atoms with Crippen LogP contribution >= 0.6 is 0 Å². The standard InChI is InChI=1S/C12H19FN4/c1-3-8-15-12(16-14)17(2)9-10-6-4-5-7-11(10)13/h4-7H,3,8-9,14H2,1-2H3,(H,15,16). The first kappa shape index (κ1) is 13.4. The zero-order valence-corrected chi connectivity index (χ0v) is 10.3. The number of hydrazine groups is 1. The summed E-state index contributed by atoms with van der Waals surface area (Å²) in [4.78, 5) is 6.06. The zero-order valence-electron chi connectivity index (χ0n) is 10.3. The van der Waals surface area contributed by atoms with Crippen LogP contribution in [0.5, 0.6) is 0 Å². The lowest BCUT2D eigenvalue weighted by molar-refractivity contribution is 0.460. The fourth-order valence-electron chi connectivity index (χ4n) is 1.45. The van der Waals surface area contributed by atoms with E-state index in [2.05, 4.69) is 10.4 Å². The van der Waals surface area contributed by atoms with Gasteiger partial charge in [0, 0.05) is 25.7 Å². The van der Waals surface area contributed by atoms with Crippen LogP contribution in [0.2, 0.25) is 0 Å². The van der Waals surface area contributed by atoms with Crippen LogP contribution in [-0.4, -0.2) is 24.5 Å². The minimum Gasteiger partial charge on any atom is -0.341 e. The molecule has 0 amide bonds. The summed E-state index contributed by atoms with van der Waals surface area (Å²) in [5, 5.41) is 0. The number of hydrogen-bond acceptors (Lipinski definition) is 2. The largest absolute Gasteiger partial charge is 0.341 e. The van der Waals surface area contributed by atoms with Crippen molar-refractivity contribution in [3.8, 4) is 0 Å². The van der Waals surface area contributed by atoms with E-state index in [-0.39, 0.29) is 5.82 Å². The summed E-state index contributed by atoms with van der Waals surface area (Å²) in [6.45, 7) is 3.16. The van der Waals surface area contributed by atoms with Crippen LogP contribution < -0.4 is 11.3 Å². The molecule has 4 nitrogen and oxygen atoms in total. The van der Waals surface area contributed by atoms with Crippen molar-refractivity contribution in [1.82, 2.24) is 10.3 Å². The topological polar surface area (TPSA) is 53.6 Å². The van der Waals surface area contributed by atoms with E-state index >= 15 is 0 Å². The molecule has 0 atom stereocenters. The van der Waals surface area contributed by atoms with Crippen LogP contribution in [-0.2, 0) is 6.54 Å². The van der Waals surface area contributed by atoms with Crippen molar-refractivity contribution in [3.63, 3.8) is 0 Å². The molecule has 0 fully saturated rings.